The fraction of sp³-hybridized carbons (Fsp3) is 0.414. The maximum atomic E-state index is 15.0. The van der Waals surface area contributed by atoms with Gasteiger partial charge in [0.05, 0.1) is 24.0 Å². The van der Waals surface area contributed by atoms with Gasteiger partial charge in [-0.2, -0.15) is 0 Å². The number of carbonyl (C=O) groups excluding carboxylic acids is 1. The van der Waals surface area contributed by atoms with Crippen molar-refractivity contribution in [2.45, 2.75) is 33.2 Å². The Kier molecular flexibility index (Phi) is 7.74. The van der Waals surface area contributed by atoms with E-state index < -0.39 is 17.5 Å². The van der Waals surface area contributed by atoms with Crippen molar-refractivity contribution in [3.05, 3.63) is 70.9 Å². The zero-order valence-corrected chi connectivity index (χ0v) is 22.4. The maximum Gasteiger partial charge on any atom is 0.256 e. The van der Waals surface area contributed by atoms with Gasteiger partial charge < -0.3 is 19.4 Å². The standard InChI is InChI=1S/C29H32F3N5O2/c1-4-35-7-9-36(10-8-35)29(38)21-6-5-19(13-22(21)30)14-26-33-17-24(32)27(34-26)20-15-23(31)28-25(16-20)37(18(2)3)11-12-39-28/h5-6,13,15-18H,4,7-12,14H2,1-3H3. The van der Waals surface area contributed by atoms with Crippen LogP contribution in [0.15, 0.2) is 36.5 Å². The fourth-order valence-corrected chi connectivity index (χ4v) is 5.13. The van der Waals surface area contributed by atoms with E-state index in [0.717, 1.165) is 25.8 Å². The van der Waals surface area contributed by atoms with Crippen molar-refractivity contribution >= 4 is 11.6 Å². The van der Waals surface area contributed by atoms with Crippen LogP contribution in [-0.2, 0) is 6.42 Å². The molecule has 0 radical (unpaired) electrons. The van der Waals surface area contributed by atoms with Gasteiger partial charge in [0.15, 0.2) is 17.4 Å². The summed E-state index contributed by atoms with van der Waals surface area (Å²) >= 11 is 0. The summed E-state index contributed by atoms with van der Waals surface area (Å²) in [5.74, 6) is -1.85. The minimum absolute atomic E-state index is 0.0193. The second-order valence-corrected chi connectivity index (χ2v) is 10.1. The van der Waals surface area contributed by atoms with Crippen LogP contribution in [0.1, 0.15) is 42.5 Å². The number of carbonyl (C=O) groups is 1. The van der Waals surface area contributed by atoms with Gasteiger partial charge in [-0.15, -0.1) is 0 Å². The number of hydrogen-bond donors (Lipinski definition) is 0. The van der Waals surface area contributed by atoms with Crippen molar-refractivity contribution in [1.82, 2.24) is 19.8 Å². The number of rotatable bonds is 6. The van der Waals surface area contributed by atoms with E-state index in [1.54, 1.807) is 17.0 Å². The number of benzene rings is 2. The van der Waals surface area contributed by atoms with E-state index in [4.69, 9.17) is 4.74 Å². The highest BCUT2D eigenvalue weighted by Gasteiger charge is 2.26. The monoisotopic (exact) mass is 539 g/mol. The van der Waals surface area contributed by atoms with Crippen molar-refractivity contribution in [1.29, 1.82) is 0 Å². The normalized spacial score (nSPS) is 15.9. The molecule has 0 spiro atoms. The van der Waals surface area contributed by atoms with E-state index >= 15 is 0 Å². The van der Waals surface area contributed by atoms with Crippen LogP contribution in [0.2, 0.25) is 0 Å². The predicted octanol–water partition coefficient (Wildman–Crippen LogP) is 4.54. The third-order valence-electron chi connectivity index (χ3n) is 7.34. The Morgan fingerprint density at radius 1 is 1.00 bits per heavy atom. The molecule has 5 rings (SSSR count). The Bertz CT molecular complexity index is 1380. The molecule has 0 N–H and O–H groups in total. The van der Waals surface area contributed by atoms with Crippen molar-refractivity contribution in [2.75, 3.05) is 50.8 Å². The van der Waals surface area contributed by atoms with E-state index in [9.17, 15) is 18.0 Å². The van der Waals surface area contributed by atoms with Crippen LogP contribution < -0.4 is 9.64 Å². The number of amides is 1. The molecule has 3 aromatic rings. The van der Waals surface area contributed by atoms with Gasteiger partial charge in [-0.1, -0.05) is 13.0 Å². The van der Waals surface area contributed by atoms with E-state index in [1.807, 2.05) is 18.7 Å². The topological polar surface area (TPSA) is 61.8 Å². The summed E-state index contributed by atoms with van der Waals surface area (Å²) in [4.78, 5) is 27.2. The van der Waals surface area contributed by atoms with E-state index in [2.05, 4.69) is 21.8 Å². The van der Waals surface area contributed by atoms with Crippen LogP contribution in [0.4, 0.5) is 18.9 Å². The number of ether oxygens (including phenoxy) is 1. The molecule has 1 aromatic heterocycles. The van der Waals surface area contributed by atoms with Crippen LogP contribution in [-0.4, -0.2) is 77.6 Å². The van der Waals surface area contributed by atoms with Crippen LogP contribution >= 0.6 is 0 Å². The average Bonchev–Trinajstić information content (AvgIpc) is 2.93. The first kappa shape index (κ1) is 26.9. The van der Waals surface area contributed by atoms with Gasteiger partial charge in [0.1, 0.15) is 23.9 Å². The second-order valence-electron chi connectivity index (χ2n) is 10.1. The first-order chi connectivity index (χ1) is 18.7. The summed E-state index contributed by atoms with van der Waals surface area (Å²) in [6.45, 7) is 10.6. The fourth-order valence-electron chi connectivity index (χ4n) is 5.13. The second kappa shape index (κ2) is 11.2. The molecule has 2 aliphatic heterocycles. The van der Waals surface area contributed by atoms with Gasteiger partial charge in [0.25, 0.3) is 5.91 Å². The van der Waals surface area contributed by atoms with Gasteiger partial charge in [0, 0.05) is 44.2 Å². The SMILES string of the molecule is CCN1CCN(C(=O)c2ccc(Cc3ncc(F)c(-c4cc(F)c5c(c4)N(C(C)C)CCO5)n3)cc2F)CC1. The Morgan fingerprint density at radius 3 is 2.46 bits per heavy atom. The number of halogens is 3. The highest BCUT2D eigenvalue weighted by molar-refractivity contribution is 5.94. The van der Waals surface area contributed by atoms with Crippen molar-refractivity contribution in [2.24, 2.45) is 0 Å². The number of piperazine rings is 1. The Morgan fingerprint density at radius 2 is 1.77 bits per heavy atom. The summed E-state index contributed by atoms with van der Waals surface area (Å²) in [6, 6.07) is 7.40. The van der Waals surface area contributed by atoms with Crippen LogP contribution in [0.3, 0.4) is 0 Å². The summed E-state index contributed by atoms with van der Waals surface area (Å²) in [5.41, 5.74) is 1.32. The van der Waals surface area contributed by atoms with Gasteiger partial charge in [0.2, 0.25) is 0 Å². The zero-order valence-electron chi connectivity index (χ0n) is 22.4. The molecule has 39 heavy (non-hydrogen) atoms. The average molecular weight is 540 g/mol. The molecule has 0 atom stereocenters. The molecule has 7 nitrogen and oxygen atoms in total. The lowest BCUT2D eigenvalue weighted by molar-refractivity contribution is 0.0639. The first-order valence-corrected chi connectivity index (χ1v) is 13.3. The zero-order chi connectivity index (χ0) is 27.7. The molecule has 2 aliphatic rings. The van der Waals surface area contributed by atoms with E-state index in [0.29, 0.717) is 37.5 Å². The van der Waals surface area contributed by atoms with Crippen LogP contribution in [0.5, 0.6) is 5.75 Å². The van der Waals surface area contributed by atoms with Crippen molar-refractivity contribution in [3.8, 4) is 17.0 Å². The van der Waals surface area contributed by atoms with Crippen LogP contribution in [0, 0.1) is 17.5 Å². The summed E-state index contributed by atoms with van der Waals surface area (Å²) < 4.78 is 50.3. The third kappa shape index (κ3) is 5.56. The smallest absolute Gasteiger partial charge is 0.256 e. The van der Waals surface area contributed by atoms with Crippen LogP contribution in [0.25, 0.3) is 11.3 Å². The molecule has 0 saturated carbocycles. The molecule has 0 unspecified atom stereocenters. The summed E-state index contributed by atoms with van der Waals surface area (Å²) in [5, 5.41) is 0. The Labute approximate surface area is 226 Å². The van der Waals surface area contributed by atoms with Gasteiger partial charge >= 0.3 is 0 Å². The molecular formula is C29H32F3N5O2. The number of fused-ring (bicyclic) bond motifs is 1. The molecule has 1 fully saturated rings. The lowest BCUT2D eigenvalue weighted by Gasteiger charge is -2.34. The Balaban J connectivity index is 1.37. The molecule has 10 heteroatoms. The molecule has 206 valence electrons. The molecule has 3 heterocycles. The van der Waals surface area contributed by atoms with E-state index in [1.165, 1.54) is 18.2 Å². The first-order valence-electron chi connectivity index (χ1n) is 13.3. The molecule has 1 saturated heterocycles. The van der Waals surface area contributed by atoms with Gasteiger partial charge in [-0.25, -0.2) is 23.1 Å². The minimum atomic E-state index is -0.693. The lowest BCUT2D eigenvalue weighted by atomic mass is 10.1. The molecule has 0 bridgehead atoms. The van der Waals surface area contributed by atoms with Crippen molar-refractivity contribution < 1.29 is 22.7 Å². The summed E-state index contributed by atoms with van der Waals surface area (Å²) in [6.07, 6.45) is 1.15. The highest BCUT2D eigenvalue weighted by Crippen LogP contribution is 2.39. The maximum absolute atomic E-state index is 15.0. The molecule has 2 aromatic carbocycles. The Hall–Kier alpha value is -3.66. The summed E-state index contributed by atoms with van der Waals surface area (Å²) in [7, 11) is 0. The highest BCUT2D eigenvalue weighted by atomic mass is 19.1. The molecular weight excluding hydrogens is 507 g/mol. The predicted molar refractivity (Wildman–Crippen MR) is 143 cm³/mol. The van der Waals surface area contributed by atoms with Crippen molar-refractivity contribution in [3.63, 3.8) is 0 Å². The van der Waals surface area contributed by atoms with Gasteiger partial charge in [-0.3, -0.25) is 4.79 Å². The largest absolute Gasteiger partial charge is 0.486 e. The number of nitrogens with zero attached hydrogens (tertiary/aromatic N) is 5. The number of likely N-dealkylation sites (N-methyl/N-ethyl adjacent to an activating group) is 1. The number of anilines is 1. The number of aromatic nitrogens is 2. The minimum Gasteiger partial charge on any atom is -0.486 e. The molecule has 1 amide bonds. The third-order valence-corrected chi connectivity index (χ3v) is 7.34. The lowest BCUT2D eigenvalue weighted by Crippen LogP contribution is -2.48. The van der Waals surface area contributed by atoms with Gasteiger partial charge in [-0.05, 0) is 50.2 Å². The quantitative estimate of drug-likeness (QED) is 0.459. The molecule has 0 aliphatic carbocycles. The van der Waals surface area contributed by atoms with E-state index in [-0.39, 0.29) is 46.8 Å². The number of hydrogen-bond acceptors (Lipinski definition) is 6.